The summed E-state index contributed by atoms with van der Waals surface area (Å²) in [4.78, 5) is 43.5. The molecule has 2 fully saturated rings. The van der Waals surface area contributed by atoms with Crippen molar-refractivity contribution in [3.63, 3.8) is 0 Å². The normalized spacial score (nSPS) is 22.2. The summed E-state index contributed by atoms with van der Waals surface area (Å²) in [6, 6.07) is 7.94. The lowest BCUT2D eigenvalue weighted by molar-refractivity contribution is -0.142. The second kappa shape index (κ2) is 9.19. The van der Waals surface area contributed by atoms with Crippen molar-refractivity contribution in [3.8, 4) is 0 Å². The molecule has 0 bridgehead atoms. The fourth-order valence-electron chi connectivity index (χ4n) is 5.34. The number of carbonyl (C=O) groups excluding carboxylic acids is 3. The van der Waals surface area contributed by atoms with Gasteiger partial charge in [-0.05, 0) is 36.3 Å². The second-order valence-corrected chi connectivity index (χ2v) is 9.00. The van der Waals surface area contributed by atoms with E-state index in [9.17, 15) is 14.4 Å². The molecule has 0 aromatic heterocycles. The van der Waals surface area contributed by atoms with Crippen LogP contribution in [0, 0.1) is 5.92 Å². The lowest BCUT2D eigenvalue weighted by Gasteiger charge is -2.39. The van der Waals surface area contributed by atoms with E-state index in [0.29, 0.717) is 51.5 Å². The van der Waals surface area contributed by atoms with Crippen molar-refractivity contribution in [2.75, 3.05) is 32.7 Å². The van der Waals surface area contributed by atoms with E-state index in [2.05, 4.69) is 6.07 Å². The number of benzene rings is 1. The maximum Gasteiger partial charge on any atom is 0.225 e. The van der Waals surface area contributed by atoms with Gasteiger partial charge < -0.3 is 14.7 Å². The van der Waals surface area contributed by atoms with Crippen LogP contribution in [0.4, 0.5) is 0 Å². The van der Waals surface area contributed by atoms with Crippen LogP contribution in [0.25, 0.3) is 0 Å². The lowest BCUT2D eigenvalue weighted by atomic mass is 9.90. The van der Waals surface area contributed by atoms with Gasteiger partial charge in [-0.25, -0.2) is 0 Å². The Hall–Kier alpha value is -2.37. The molecule has 4 rings (SSSR count). The van der Waals surface area contributed by atoms with Crippen LogP contribution in [-0.4, -0.2) is 65.1 Å². The van der Waals surface area contributed by atoms with Crippen LogP contribution in [0.5, 0.6) is 0 Å². The van der Waals surface area contributed by atoms with E-state index in [1.165, 1.54) is 31.2 Å². The fourth-order valence-corrected chi connectivity index (χ4v) is 5.34. The number of hydrogen-bond acceptors (Lipinski definition) is 3. The zero-order chi connectivity index (χ0) is 21.1. The van der Waals surface area contributed by atoms with Gasteiger partial charge >= 0.3 is 0 Å². The summed E-state index contributed by atoms with van der Waals surface area (Å²) < 4.78 is 0. The summed E-state index contributed by atoms with van der Waals surface area (Å²) in [5.41, 5.74) is 2.33. The summed E-state index contributed by atoms with van der Waals surface area (Å²) in [5.74, 6) is 0.898. The van der Waals surface area contributed by atoms with Crippen molar-refractivity contribution in [1.82, 2.24) is 14.7 Å². The van der Waals surface area contributed by atoms with Crippen molar-refractivity contribution in [3.05, 3.63) is 35.4 Å². The van der Waals surface area contributed by atoms with Gasteiger partial charge in [0, 0.05) is 46.1 Å². The van der Waals surface area contributed by atoms with Gasteiger partial charge in [-0.2, -0.15) is 0 Å². The summed E-state index contributed by atoms with van der Waals surface area (Å²) in [6.45, 7) is 4.66. The number of fused-ring (bicyclic) bond motifs is 1. The van der Waals surface area contributed by atoms with Crippen LogP contribution in [-0.2, 0) is 20.8 Å². The van der Waals surface area contributed by atoms with Crippen molar-refractivity contribution in [2.24, 2.45) is 5.92 Å². The topological polar surface area (TPSA) is 60.9 Å². The van der Waals surface area contributed by atoms with Gasteiger partial charge in [0.25, 0.3) is 0 Å². The molecule has 1 aliphatic carbocycles. The molecule has 1 unspecified atom stereocenters. The van der Waals surface area contributed by atoms with Crippen LogP contribution in [0.15, 0.2) is 24.3 Å². The quantitative estimate of drug-likeness (QED) is 0.765. The molecule has 3 aliphatic rings. The predicted molar refractivity (Wildman–Crippen MR) is 115 cm³/mol. The highest BCUT2D eigenvalue weighted by Crippen LogP contribution is 2.33. The molecule has 1 saturated heterocycles. The molecule has 6 nitrogen and oxygen atoms in total. The summed E-state index contributed by atoms with van der Waals surface area (Å²) in [5, 5.41) is 0. The van der Waals surface area contributed by atoms with E-state index in [1.807, 2.05) is 32.9 Å². The molecule has 1 atom stereocenters. The van der Waals surface area contributed by atoms with Gasteiger partial charge in [0.1, 0.15) is 0 Å². The van der Waals surface area contributed by atoms with E-state index < -0.39 is 0 Å². The summed E-state index contributed by atoms with van der Waals surface area (Å²) in [6.07, 6.45) is 6.68. The minimum atomic E-state index is -0.193. The third-order valence-electron chi connectivity index (χ3n) is 7.11. The smallest absolute Gasteiger partial charge is 0.225 e. The van der Waals surface area contributed by atoms with Crippen LogP contribution >= 0.6 is 0 Å². The minimum absolute atomic E-state index is 0.0182. The molecule has 30 heavy (non-hydrogen) atoms. The highest BCUT2D eigenvalue weighted by Gasteiger charge is 2.33. The van der Waals surface area contributed by atoms with Gasteiger partial charge in [-0.1, -0.05) is 37.1 Å². The molecule has 1 saturated carbocycles. The molecule has 0 N–H and O–H groups in total. The van der Waals surface area contributed by atoms with Gasteiger partial charge in [0.15, 0.2) is 0 Å². The Morgan fingerprint density at radius 1 is 0.867 bits per heavy atom. The number of amides is 3. The zero-order valence-corrected chi connectivity index (χ0v) is 18.0. The molecule has 2 heterocycles. The number of piperazine rings is 1. The van der Waals surface area contributed by atoms with Crippen LogP contribution < -0.4 is 0 Å². The number of carbonyl (C=O) groups is 3. The Morgan fingerprint density at radius 3 is 2.10 bits per heavy atom. The van der Waals surface area contributed by atoms with Crippen LogP contribution in [0.3, 0.4) is 0 Å². The molecule has 0 spiro atoms. The Kier molecular flexibility index (Phi) is 6.40. The molecular formula is C24H33N3O3. The van der Waals surface area contributed by atoms with Crippen molar-refractivity contribution in [2.45, 2.75) is 57.9 Å². The molecular weight excluding hydrogens is 378 g/mol. The number of hydrogen-bond donors (Lipinski definition) is 0. The standard InChI is InChI=1S/C24H33N3O3/c1-18(28)27-11-10-20-8-4-5-9-21(20)22(27)17-24(30)26-14-12-25(13-15-26)23(29)16-19-6-2-3-7-19/h4-5,8-9,19,22H,2-3,6-7,10-17H2,1H3. The molecule has 1 aromatic rings. The third-order valence-corrected chi connectivity index (χ3v) is 7.11. The first-order chi connectivity index (χ1) is 14.5. The highest BCUT2D eigenvalue weighted by molar-refractivity contribution is 5.81. The summed E-state index contributed by atoms with van der Waals surface area (Å²) >= 11 is 0. The zero-order valence-electron chi connectivity index (χ0n) is 18.0. The van der Waals surface area contributed by atoms with Gasteiger partial charge in [-0.3, -0.25) is 14.4 Å². The van der Waals surface area contributed by atoms with E-state index in [0.717, 1.165) is 12.0 Å². The SMILES string of the molecule is CC(=O)N1CCc2ccccc2C1CC(=O)N1CCN(C(=O)CC2CCCC2)CC1. The molecule has 6 heteroatoms. The first kappa shape index (κ1) is 20.9. The van der Waals surface area contributed by atoms with E-state index in [4.69, 9.17) is 0 Å². The van der Waals surface area contributed by atoms with Gasteiger partial charge in [-0.15, -0.1) is 0 Å². The van der Waals surface area contributed by atoms with E-state index in [-0.39, 0.29) is 23.8 Å². The number of nitrogens with zero attached hydrogens (tertiary/aromatic N) is 3. The molecule has 0 radical (unpaired) electrons. The average molecular weight is 412 g/mol. The Morgan fingerprint density at radius 2 is 1.47 bits per heavy atom. The Bertz CT molecular complexity index is 795. The molecule has 162 valence electrons. The van der Waals surface area contributed by atoms with Crippen molar-refractivity contribution in [1.29, 1.82) is 0 Å². The second-order valence-electron chi connectivity index (χ2n) is 9.00. The van der Waals surface area contributed by atoms with Crippen LogP contribution in [0.1, 0.15) is 62.6 Å². The van der Waals surface area contributed by atoms with Gasteiger partial charge in [0.05, 0.1) is 12.5 Å². The maximum absolute atomic E-state index is 13.1. The number of rotatable bonds is 4. The van der Waals surface area contributed by atoms with E-state index in [1.54, 1.807) is 6.92 Å². The molecule has 3 amide bonds. The van der Waals surface area contributed by atoms with Crippen molar-refractivity contribution >= 4 is 17.7 Å². The monoisotopic (exact) mass is 411 g/mol. The van der Waals surface area contributed by atoms with Gasteiger partial charge in [0.2, 0.25) is 17.7 Å². The molecule has 2 aliphatic heterocycles. The average Bonchev–Trinajstić information content (AvgIpc) is 3.27. The van der Waals surface area contributed by atoms with Crippen molar-refractivity contribution < 1.29 is 14.4 Å². The Balaban J connectivity index is 1.35. The first-order valence-electron chi connectivity index (χ1n) is 11.4. The summed E-state index contributed by atoms with van der Waals surface area (Å²) in [7, 11) is 0. The first-order valence-corrected chi connectivity index (χ1v) is 11.4. The predicted octanol–water partition coefficient (Wildman–Crippen LogP) is 2.77. The molecule has 1 aromatic carbocycles. The highest BCUT2D eigenvalue weighted by atomic mass is 16.2. The van der Waals surface area contributed by atoms with Crippen LogP contribution in [0.2, 0.25) is 0 Å². The fraction of sp³-hybridized carbons (Fsp3) is 0.625. The maximum atomic E-state index is 13.1. The largest absolute Gasteiger partial charge is 0.339 e. The lowest BCUT2D eigenvalue weighted by Crippen LogP contribution is -2.51. The minimum Gasteiger partial charge on any atom is -0.339 e. The Labute approximate surface area is 179 Å². The third kappa shape index (κ3) is 4.52. The van der Waals surface area contributed by atoms with E-state index >= 15 is 0 Å².